The van der Waals surface area contributed by atoms with Gasteiger partial charge in [0.05, 0.1) is 0 Å². The number of carbonyl (C=O) groups is 1. The van der Waals surface area contributed by atoms with E-state index < -0.39 is 11.6 Å². The van der Waals surface area contributed by atoms with Gasteiger partial charge in [-0.15, -0.1) is 0 Å². The molecule has 0 unspecified atom stereocenters. The minimum atomic E-state index is -0.991. The highest BCUT2D eigenvalue weighted by atomic mass is 16.6. The molecule has 72 valence electrons. The second-order valence-corrected chi connectivity index (χ2v) is 3.19. The van der Waals surface area contributed by atoms with Gasteiger partial charge in [-0.2, -0.15) is 0 Å². The maximum atomic E-state index is 11.5. The summed E-state index contributed by atoms with van der Waals surface area (Å²) < 4.78 is 0. The lowest BCUT2D eigenvalue weighted by Gasteiger charge is -2.26. The van der Waals surface area contributed by atoms with Gasteiger partial charge in [-0.1, -0.05) is 20.8 Å². The maximum Gasteiger partial charge on any atom is 0.186 e. The Morgan fingerprint density at radius 3 is 2.17 bits per heavy atom. The second kappa shape index (κ2) is 4.54. The largest absolute Gasteiger partial charge is 0.298 e. The Morgan fingerprint density at radius 1 is 1.50 bits per heavy atom. The quantitative estimate of drug-likeness (QED) is 0.471. The summed E-state index contributed by atoms with van der Waals surface area (Å²) >= 11 is 0. The molecule has 12 heavy (non-hydrogen) atoms. The van der Waals surface area contributed by atoms with E-state index in [1.807, 2.05) is 20.8 Å². The number of hydrogen-bond donors (Lipinski definition) is 2. The lowest BCUT2D eigenvalue weighted by atomic mass is 9.80. The van der Waals surface area contributed by atoms with E-state index in [0.717, 1.165) is 12.8 Å². The first kappa shape index (κ1) is 11.6. The molecule has 0 radical (unpaired) electrons. The van der Waals surface area contributed by atoms with Crippen LogP contribution in [0.25, 0.3) is 0 Å². The van der Waals surface area contributed by atoms with Gasteiger partial charge >= 0.3 is 0 Å². The first-order valence-electron chi connectivity index (χ1n) is 4.17. The van der Waals surface area contributed by atoms with E-state index in [2.05, 4.69) is 4.84 Å². The van der Waals surface area contributed by atoms with E-state index in [0.29, 0.717) is 0 Å². The van der Waals surface area contributed by atoms with E-state index in [4.69, 9.17) is 11.6 Å². The van der Waals surface area contributed by atoms with Crippen LogP contribution in [0.15, 0.2) is 0 Å². The first-order chi connectivity index (χ1) is 5.51. The second-order valence-electron chi connectivity index (χ2n) is 3.19. The van der Waals surface area contributed by atoms with E-state index >= 15 is 0 Å². The predicted octanol–water partition coefficient (Wildman–Crippen LogP) is 0.557. The molecule has 0 amide bonds. The average Bonchev–Trinajstić information content (AvgIpc) is 2.14. The van der Waals surface area contributed by atoms with Crippen LogP contribution < -0.4 is 11.6 Å². The lowest BCUT2D eigenvalue weighted by molar-refractivity contribution is -0.140. The monoisotopic (exact) mass is 174 g/mol. The van der Waals surface area contributed by atoms with Crippen molar-refractivity contribution in [3.63, 3.8) is 0 Å². The summed E-state index contributed by atoms with van der Waals surface area (Å²) in [6.07, 6.45) is 0.508. The Bertz CT molecular complexity index is 155. The normalized spacial score (nSPS) is 14.4. The third-order valence-electron chi connectivity index (χ3n) is 2.56. The van der Waals surface area contributed by atoms with Gasteiger partial charge < -0.3 is 0 Å². The van der Waals surface area contributed by atoms with Crippen LogP contribution in [-0.4, -0.2) is 12.0 Å². The van der Waals surface area contributed by atoms with Crippen molar-refractivity contribution >= 4 is 5.78 Å². The summed E-state index contributed by atoms with van der Waals surface area (Å²) in [5.74, 6) is 4.70. The zero-order valence-corrected chi connectivity index (χ0v) is 7.96. The Hall–Kier alpha value is -0.450. The molecule has 4 nitrogen and oxygen atoms in total. The topological polar surface area (TPSA) is 78.3 Å². The SMILES string of the molecule is CCC(C)(CC)C(=O)[C@@H](N)ON. The standard InChI is InChI=1S/C8H18N2O2/c1-4-8(3,5-2)6(11)7(9)12-10/h7H,4-5,9-10H2,1-3H3/t7-/m0/s1. The fourth-order valence-corrected chi connectivity index (χ4v) is 1.00. The van der Waals surface area contributed by atoms with Crippen molar-refractivity contribution in [2.75, 3.05) is 0 Å². The third kappa shape index (κ3) is 2.27. The van der Waals surface area contributed by atoms with E-state index in [-0.39, 0.29) is 5.78 Å². The summed E-state index contributed by atoms with van der Waals surface area (Å²) in [5.41, 5.74) is 4.95. The summed E-state index contributed by atoms with van der Waals surface area (Å²) in [4.78, 5) is 15.8. The highest BCUT2D eigenvalue weighted by Crippen LogP contribution is 2.27. The minimum Gasteiger partial charge on any atom is -0.298 e. The van der Waals surface area contributed by atoms with Crippen LogP contribution in [-0.2, 0) is 9.63 Å². The molecule has 0 aromatic rings. The highest BCUT2D eigenvalue weighted by Gasteiger charge is 2.33. The molecule has 0 aliphatic rings. The molecule has 0 aliphatic heterocycles. The predicted molar refractivity (Wildman–Crippen MR) is 46.9 cm³/mol. The van der Waals surface area contributed by atoms with Crippen LogP contribution in [0.5, 0.6) is 0 Å². The van der Waals surface area contributed by atoms with Crippen LogP contribution in [0.2, 0.25) is 0 Å². The molecule has 0 bridgehead atoms. The molecule has 0 aromatic heterocycles. The average molecular weight is 174 g/mol. The zero-order valence-electron chi connectivity index (χ0n) is 7.96. The Morgan fingerprint density at radius 2 is 1.92 bits per heavy atom. The number of rotatable bonds is 5. The summed E-state index contributed by atoms with van der Waals surface area (Å²) in [5, 5.41) is 0. The number of carbonyl (C=O) groups excluding carboxylic acids is 1. The van der Waals surface area contributed by atoms with E-state index in [9.17, 15) is 4.79 Å². The fourth-order valence-electron chi connectivity index (χ4n) is 1.00. The van der Waals surface area contributed by atoms with Crippen LogP contribution in [0.3, 0.4) is 0 Å². The number of hydrogen-bond acceptors (Lipinski definition) is 4. The molecule has 0 heterocycles. The van der Waals surface area contributed by atoms with Crippen LogP contribution in [0.4, 0.5) is 0 Å². The fraction of sp³-hybridized carbons (Fsp3) is 0.875. The number of nitrogens with two attached hydrogens (primary N) is 2. The van der Waals surface area contributed by atoms with Gasteiger partial charge in [0.1, 0.15) is 0 Å². The molecule has 0 spiro atoms. The first-order valence-corrected chi connectivity index (χ1v) is 4.17. The zero-order chi connectivity index (χ0) is 9.78. The van der Waals surface area contributed by atoms with Crippen molar-refractivity contribution < 1.29 is 9.63 Å². The van der Waals surface area contributed by atoms with Crippen LogP contribution >= 0.6 is 0 Å². The molecule has 4 heteroatoms. The minimum absolute atomic E-state index is 0.130. The van der Waals surface area contributed by atoms with Crippen molar-refractivity contribution in [2.24, 2.45) is 17.0 Å². The van der Waals surface area contributed by atoms with Crippen LogP contribution in [0.1, 0.15) is 33.6 Å². The van der Waals surface area contributed by atoms with Gasteiger partial charge in [-0.25, -0.2) is 5.90 Å². The molecular weight excluding hydrogens is 156 g/mol. The molecule has 0 aromatic carbocycles. The lowest BCUT2D eigenvalue weighted by Crippen LogP contribution is -2.44. The molecule has 1 atom stereocenters. The van der Waals surface area contributed by atoms with Crippen molar-refractivity contribution in [3.05, 3.63) is 0 Å². The molecule has 4 N–H and O–H groups in total. The Balaban J connectivity index is 4.41. The molecular formula is C8H18N2O2. The number of ketones is 1. The molecule has 0 aliphatic carbocycles. The smallest absolute Gasteiger partial charge is 0.186 e. The van der Waals surface area contributed by atoms with Crippen LogP contribution in [0, 0.1) is 5.41 Å². The maximum absolute atomic E-state index is 11.5. The van der Waals surface area contributed by atoms with E-state index in [1.54, 1.807) is 0 Å². The van der Waals surface area contributed by atoms with Gasteiger partial charge in [0.25, 0.3) is 0 Å². The van der Waals surface area contributed by atoms with Crippen molar-refractivity contribution in [2.45, 2.75) is 39.8 Å². The highest BCUT2D eigenvalue weighted by molar-refractivity contribution is 5.87. The Labute approximate surface area is 73.2 Å². The van der Waals surface area contributed by atoms with Gasteiger partial charge in [-0.05, 0) is 12.8 Å². The van der Waals surface area contributed by atoms with Gasteiger partial charge in [0.2, 0.25) is 0 Å². The third-order valence-corrected chi connectivity index (χ3v) is 2.56. The van der Waals surface area contributed by atoms with E-state index in [1.165, 1.54) is 0 Å². The van der Waals surface area contributed by atoms with Crippen molar-refractivity contribution in [1.82, 2.24) is 0 Å². The van der Waals surface area contributed by atoms with Gasteiger partial charge in [0.15, 0.2) is 12.0 Å². The van der Waals surface area contributed by atoms with Gasteiger partial charge in [0, 0.05) is 5.41 Å². The van der Waals surface area contributed by atoms with Crippen molar-refractivity contribution in [3.8, 4) is 0 Å². The van der Waals surface area contributed by atoms with Gasteiger partial charge in [-0.3, -0.25) is 15.4 Å². The molecule has 0 saturated heterocycles. The summed E-state index contributed by atoms with van der Waals surface area (Å²) in [7, 11) is 0. The molecule has 0 rings (SSSR count). The Kier molecular flexibility index (Phi) is 4.37. The van der Waals surface area contributed by atoms with Crippen molar-refractivity contribution in [1.29, 1.82) is 0 Å². The summed E-state index contributed by atoms with van der Waals surface area (Å²) in [6.45, 7) is 5.77. The molecule has 0 saturated carbocycles. The molecule has 0 fully saturated rings. The summed E-state index contributed by atoms with van der Waals surface area (Å²) in [6, 6.07) is 0. The number of Topliss-reactive ketones (excluding diaryl/α,β-unsaturated/α-hetero) is 1.